The van der Waals surface area contributed by atoms with Gasteiger partial charge in [-0.05, 0) is 117 Å². The van der Waals surface area contributed by atoms with Crippen molar-refractivity contribution in [3.05, 3.63) is 0 Å². The Morgan fingerprint density at radius 2 is 1.41 bits per heavy atom. The minimum Gasteiger partial charge on any atom is -0.481 e. The standard InChI is InChI=1S/C25H40O3.C3H6O.C2H6/c1-15-17-8-12-24(3)18-9-14-25(22(27)28)11-4-5-19(25)16(18)6-7-21(24)23(17,2)13-10-20(15)26;1-3-2-4-3;1-2/h15-21,26H,4-14H2,1-3H3,(H,27,28);3H,2H2,1H3;1-2H3. The van der Waals surface area contributed by atoms with Crippen LogP contribution in [0.4, 0.5) is 0 Å². The van der Waals surface area contributed by atoms with E-state index >= 15 is 0 Å². The molecular weight excluding hydrogens is 424 g/mol. The van der Waals surface area contributed by atoms with Crippen LogP contribution in [0.15, 0.2) is 0 Å². The van der Waals surface area contributed by atoms with Crippen LogP contribution in [0, 0.1) is 51.8 Å². The Bertz CT molecular complexity index is 733. The molecule has 6 rings (SSSR count). The molecule has 5 saturated carbocycles. The van der Waals surface area contributed by atoms with E-state index in [1.165, 1.54) is 32.1 Å². The monoisotopic (exact) mass is 476 g/mol. The molecule has 196 valence electrons. The van der Waals surface area contributed by atoms with E-state index in [0.29, 0.717) is 40.6 Å². The van der Waals surface area contributed by atoms with Crippen molar-refractivity contribution < 1.29 is 19.7 Å². The first kappa shape index (κ1) is 26.5. The van der Waals surface area contributed by atoms with Gasteiger partial charge in [0.15, 0.2) is 0 Å². The van der Waals surface area contributed by atoms with E-state index in [-0.39, 0.29) is 6.10 Å². The lowest BCUT2D eigenvalue weighted by atomic mass is 9.37. The molecule has 2 N–H and O–H groups in total. The number of hydrogen-bond donors (Lipinski definition) is 2. The molecule has 1 heterocycles. The van der Waals surface area contributed by atoms with Crippen LogP contribution in [0.1, 0.15) is 112 Å². The summed E-state index contributed by atoms with van der Waals surface area (Å²) in [6.07, 6.45) is 13.0. The van der Waals surface area contributed by atoms with E-state index in [0.717, 1.165) is 57.0 Å². The first-order valence-corrected chi connectivity index (χ1v) is 14.7. The van der Waals surface area contributed by atoms with Crippen molar-refractivity contribution in [3.63, 3.8) is 0 Å². The second kappa shape index (κ2) is 9.69. The first-order valence-electron chi connectivity index (χ1n) is 14.7. The number of epoxide rings is 1. The van der Waals surface area contributed by atoms with Crippen molar-refractivity contribution in [1.82, 2.24) is 0 Å². The Morgan fingerprint density at radius 1 is 0.824 bits per heavy atom. The van der Waals surface area contributed by atoms with Crippen LogP contribution < -0.4 is 0 Å². The second-order valence-electron chi connectivity index (χ2n) is 13.2. The summed E-state index contributed by atoms with van der Waals surface area (Å²) in [4.78, 5) is 12.3. The molecule has 0 aromatic rings. The molecule has 1 aliphatic heterocycles. The van der Waals surface area contributed by atoms with E-state index in [9.17, 15) is 15.0 Å². The highest BCUT2D eigenvalue weighted by molar-refractivity contribution is 5.75. The normalized spacial score (nSPS) is 52.8. The minimum atomic E-state index is -0.494. The number of carbonyl (C=O) groups is 1. The average molecular weight is 477 g/mol. The molecule has 11 atom stereocenters. The molecule has 0 bridgehead atoms. The molecule has 0 aromatic carbocycles. The number of rotatable bonds is 1. The van der Waals surface area contributed by atoms with Crippen LogP contribution in [-0.4, -0.2) is 35.0 Å². The molecule has 0 spiro atoms. The van der Waals surface area contributed by atoms with Crippen molar-refractivity contribution in [3.8, 4) is 0 Å². The number of ether oxygens (including phenoxy) is 1. The number of aliphatic carboxylic acids is 1. The minimum absolute atomic E-state index is 0.108. The third-order valence-electron chi connectivity index (χ3n) is 12.0. The lowest BCUT2D eigenvalue weighted by Crippen LogP contribution is -2.61. The van der Waals surface area contributed by atoms with Crippen LogP contribution in [0.25, 0.3) is 0 Å². The van der Waals surface area contributed by atoms with Gasteiger partial charge >= 0.3 is 5.97 Å². The highest BCUT2D eigenvalue weighted by atomic mass is 16.6. The second-order valence-corrected chi connectivity index (χ2v) is 13.2. The van der Waals surface area contributed by atoms with Crippen LogP contribution >= 0.6 is 0 Å². The molecule has 0 aromatic heterocycles. The van der Waals surface area contributed by atoms with Crippen LogP contribution in [0.3, 0.4) is 0 Å². The quantitative estimate of drug-likeness (QED) is 0.402. The molecule has 4 heteroatoms. The summed E-state index contributed by atoms with van der Waals surface area (Å²) in [7, 11) is 0. The fourth-order valence-electron chi connectivity index (χ4n) is 10.3. The number of carboxylic acid groups (broad SMARTS) is 1. The lowest BCUT2D eigenvalue weighted by Gasteiger charge is -2.67. The van der Waals surface area contributed by atoms with E-state index in [2.05, 4.69) is 27.7 Å². The SMILES string of the molecule is CC.CC1C(O)CCC2(C)C1CCC1(C)C3CCC4(C(=O)O)CCCC4C3CCC21.CC1CO1. The van der Waals surface area contributed by atoms with Gasteiger partial charge in [-0.3, -0.25) is 4.79 Å². The predicted molar refractivity (Wildman–Crippen MR) is 136 cm³/mol. The summed E-state index contributed by atoms with van der Waals surface area (Å²) in [5.74, 6) is 3.15. The predicted octanol–water partition coefficient (Wildman–Crippen LogP) is 6.94. The summed E-state index contributed by atoms with van der Waals surface area (Å²) >= 11 is 0. The summed E-state index contributed by atoms with van der Waals surface area (Å²) in [6, 6.07) is 0. The third kappa shape index (κ3) is 4.07. The maximum atomic E-state index is 12.3. The van der Waals surface area contributed by atoms with Crippen LogP contribution in [-0.2, 0) is 9.53 Å². The molecule has 34 heavy (non-hydrogen) atoms. The topological polar surface area (TPSA) is 70.1 Å². The Labute approximate surface area is 208 Å². The molecule has 1 saturated heterocycles. The van der Waals surface area contributed by atoms with Gasteiger partial charge in [0.05, 0.1) is 24.2 Å². The van der Waals surface area contributed by atoms with Crippen molar-refractivity contribution in [2.45, 2.75) is 124 Å². The van der Waals surface area contributed by atoms with Gasteiger partial charge < -0.3 is 14.9 Å². The summed E-state index contributed by atoms with van der Waals surface area (Å²) in [6.45, 7) is 14.5. The molecule has 6 aliphatic rings. The molecule has 5 aliphatic carbocycles. The number of carboxylic acids is 1. The molecule has 0 amide bonds. The van der Waals surface area contributed by atoms with Gasteiger partial charge in [-0.25, -0.2) is 0 Å². The van der Waals surface area contributed by atoms with Crippen LogP contribution in [0.5, 0.6) is 0 Å². The van der Waals surface area contributed by atoms with Crippen LogP contribution in [0.2, 0.25) is 0 Å². The van der Waals surface area contributed by atoms with Crippen molar-refractivity contribution in [1.29, 1.82) is 0 Å². The Morgan fingerprint density at radius 3 is 2.03 bits per heavy atom. The number of fused-ring (bicyclic) bond motifs is 7. The Kier molecular flexibility index (Phi) is 7.54. The van der Waals surface area contributed by atoms with Gasteiger partial charge in [0.2, 0.25) is 0 Å². The van der Waals surface area contributed by atoms with Crippen molar-refractivity contribution in [2.75, 3.05) is 6.61 Å². The first-order chi connectivity index (χ1) is 16.1. The lowest BCUT2D eigenvalue weighted by molar-refractivity contribution is -0.199. The van der Waals surface area contributed by atoms with Gasteiger partial charge in [0, 0.05) is 0 Å². The fraction of sp³-hybridized carbons (Fsp3) is 0.967. The van der Waals surface area contributed by atoms with E-state index in [1.807, 2.05) is 13.8 Å². The Hall–Kier alpha value is -0.610. The highest BCUT2D eigenvalue weighted by Crippen LogP contribution is 2.71. The zero-order valence-corrected chi connectivity index (χ0v) is 22.8. The average Bonchev–Trinajstić information content (AvgIpc) is 3.46. The summed E-state index contributed by atoms with van der Waals surface area (Å²) in [5, 5.41) is 20.6. The summed E-state index contributed by atoms with van der Waals surface area (Å²) < 4.78 is 4.71. The van der Waals surface area contributed by atoms with E-state index < -0.39 is 11.4 Å². The van der Waals surface area contributed by atoms with Gasteiger partial charge in [0.25, 0.3) is 0 Å². The largest absolute Gasteiger partial charge is 0.481 e. The van der Waals surface area contributed by atoms with Gasteiger partial charge in [0.1, 0.15) is 0 Å². The molecule has 6 fully saturated rings. The maximum Gasteiger partial charge on any atom is 0.309 e. The fourth-order valence-corrected chi connectivity index (χ4v) is 10.3. The van der Waals surface area contributed by atoms with Crippen molar-refractivity contribution >= 4 is 5.97 Å². The smallest absolute Gasteiger partial charge is 0.309 e. The number of hydrogen-bond acceptors (Lipinski definition) is 3. The molecule has 11 unspecified atom stereocenters. The summed E-state index contributed by atoms with van der Waals surface area (Å²) in [5.41, 5.74) is 0.353. The maximum absolute atomic E-state index is 12.3. The molecule has 4 nitrogen and oxygen atoms in total. The molecular formula is C30H52O4. The van der Waals surface area contributed by atoms with Gasteiger partial charge in [-0.15, -0.1) is 0 Å². The zero-order chi connectivity index (χ0) is 24.9. The van der Waals surface area contributed by atoms with E-state index in [4.69, 9.17) is 4.74 Å². The van der Waals surface area contributed by atoms with E-state index in [1.54, 1.807) is 0 Å². The molecule has 0 radical (unpaired) electrons. The number of aliphatic hydroxyl groups is 1. The van der Waals surface area contributed by atoms with Gasteiger partial charge in [-0.2, -0.15) is 0 Å². The van der Waals surface area contributed by atoms with Gasteiger partial charge in [-0.1, -0.05) is 41.0 Å². The van der Waals surface area contributed by atoms with Crippen molar-refractivity contribution in [2.24, 2.45) is 51.8 Å². The Balaban J connectivity index is 0.000000407. The zero-order valence-electron chi connectivity index (χ0n) is 22.8. The third-order valence-corrected chi connectivity index (χ3v) is 12.0. The number of aliphatic hydroxyl groups excluding tert-OH is 1. The highest BCUT2D eigenvalue weighted by Gasteiger charge is 2.65.